The Morgan fingerprint density at radius 1 is 1.00 bits per heavy atom. The van der Waals surface area contributed by atoms with Gasteiger partial charge in [0.15, 0.2) is 0 Å². The van der Waals surface area contributed by atoms with Gasteiger partial charge in [-0.1, -0.05) is 30.3 Å². The number of benzene rings is 2. The van der Waals surface area contributed by atoms with Crippen molar-refractivity contribution in [3.8, 4) is 5.75 Å². The minimum atomic E-state index is 0.120. The molecule has 2 N–H and O–H groups in total. The van der Waals surface area contributed by atoms with Crippen molar-refractivity contribution in [1.29, 1.82) is 0 Å². The highest BCUT2D eigenvalue weighted by molar-refractivity contribution is 5.90. The lowest BCUT2D eigenvalue weighted by molar-refractivity contribution is -0.117. The van der Waals surface area contributed by atoms with E-state index >= 15 is 0 Å². The normalized spacial score (nSPS) is 24.2. The number of anilines is 1. The first-order valence-electron chi connectivity index (χ1n) is 9.57. The molecule has 0 spiro atoms. The number of ether oxygens (including phenoxy) is 1. The second-order valence-corrected chi connectivity index (χ2v) is 7.53. The fourth-order valence-corrected chi connectivity index (χ4v) is 4.19. The maximum absolute atomic E-state index is 12.3. The summed E-state index contributed by atoms with van der Waals surface area (Å²) in [5, 5.41) is 6.65. The molecule has 2 aromatic rings. The standard InChI is InChI=1S/C22H26N2O2/c25-22(14-17-12-19-6-7-20(13-17)23-19)24-18-8-10-21(11-9-18)26-15-16-4-2-1-3-5-16/h1-5,8-11,17,19-20,23H,6-7,12-15H2,(H,24,25). The van der Waals surface area contributed by atoms with Gasteiger partial charge in [-0.3, -0.25) is 4.79 Å². The molecule has 4 nitrogen and oxygen atoms in total. The van der Waals surface area contributed by atoms with Gasteiger partial charge < -0.3 is 15.4 Å². The number of fused-ring (bicyclic) bond motifs is 2. The van der Waals surface area contributed by atoms with E-state index in [1.807, 2.05) is 54.6 Å². The van der Waals surface area contributed by atoms with Crippen LogP contribution in [0.25, 0.3) is 0 Å². The lowest BCUT2D eigenvalue weighted by Gasteiger charge is -2.28. The van der Waals surface area contributed by atoms with Gasteiger partial charge in [0.2, 0.25) is 5.91 Å². The van der Waals surface area contributed by atoms with Crippen molar-refractivity contribution in [3.05, 3.63) is 60.2 Å². The zero-order chi connectivity index (χ0) is 17.8. The quantitative estimate of drug-likeness (QED) is 0.824. The van der Waals surface area contributed by atoms with Crippen LogP contribution in [-0.4, -0.2) is 18.0 Å². The second kappa shape index (κ2) is 7.92. The minimum Gasteiger partial charge on any atom is -0.489 e. The molecule has 0 radical (unpaired) electrons. The molecule has 2 unspecified atom stereocenters. The molecule has 2 aliphatic heterocycles. The SMILES string of the molecule is O=C(CC1CC2CCC(C1)N2)Nc1ccc(OCc2ccccc2)cc1. The van der Waals surface area contributed by atoms with Gasteiger partial charge in [-0.05, 0) is 61.4 Å². The number of nitrogens with one attached hydrogen (secondary N) is 2. The van der Waals surface area contributed by atoms with Crippen molar-refractivity contribution in [2.75, 3.05) is 5.32 Å². The van der Waals surface area contributed by atoms with Gasteiger partial charge in [-0.15, -0.1) is 0 Å². The largest absolute Gasteiger partial charge is 0.489 e. The molecule has 0 aromatic heterocycles. The Morgan fingerprint density at radius 2 is 1.69 bits per heavy atom. The van der Waals surface area contributed by atoms with E-state index in [0.29, 0.717) is 31.0 Å². The molecule has 26 heavy (non-hydrogen) atoms. The number of carbonyl (C=O) groups excluding carboxylic acids is 1. The summed E-state index contributed by atoms with van der Waals surface area (Å²) in [5.41, 5.74) is 1.97. The van der Waals surface area contributed by atoms with Gasteiger partial charge in [0.1, 0.15) is 12.4 Å². The molecule has 2 bridgehead atoms. The van der Waals surface area contributed by atoms with Gasteiger partial charge in [0.25, 0.3) is 0 Å². The second-order valence-electron chi connectivity index (χ2n) is 7.53. The molecule has 1 amide bonds. The van der Waals surface area contributed by atoms with Crippen molar-refractivity contribution in [2.45, 2.75) is 50.8 Å². The number of piperidine rings is 1. The number of hydrogen-bond donors (Lipinski definition) is 2. The molecule has 2 heterocycles. The smallest absolute Gasteiger partial charge is 0.224 e. The maximum Gasteiger partial charge on any atom is 0.224 e. The summed E-state index contributed by atoms with van der Waals surface area (Å²) in [7, 11) is 0. The first kappa shape index (κ1) is 17.1. The van der Waals surface area contributed by atoms with E-state index in [1.165, 1.54) is 12.8 Å². The van der Waals surface area contributed by atoms with Gasteiger partial charge in [-0.2, -0.15) is 0 Å². The molecular weight excluding hydrogens is 324 g/mol. The fourth-order valence-electron chi connectivity index (χ4n) is 4.19. The highest BCUT2D eigenvalue weighted by atomic mass is 16.5. The lowest BCUT2D eigenvalue weighted by atomic mass is 9.89. The topological polar surface area (TPSA) is 50.4 Å². The Bertz CT molecular complexity index is 718. The van der Waals surface area contributed by atoms with Crippen molar-refractivity contribution >= 4 is 11.6 Å². The van der Waals surface area contributed by atoms with E-state index in [1.54, 1.807) is 0 Å². The molecule has 2 fully saturated rings. The summed E-state index contributed by atoms with van der Waals surface area (Å²) in [4.78, 5) is 12.3. The molecule has 2 saturated heterocycles. The molecule has 4 heteroatoms. The van der Waals surface area contributed by atoms with E-state index in [0.717, 1.165) is 29.8 Å². The average Bonchev–Trinajstić information content (AvgIpc) is 3.00. The Balaban J connectivity index is 1.25. The number of carbonyl (C=O) groups is 1. The van der Waals surface area contributed by atoms with E-state index < -0.39 is 0 Å². The molecular formula is C22H26N2O2. The predicted octanol–water partition coefficient (Wildman–Crippen LogP) is 4.12. The van der Waals surface area contributed by atoms with Crippen LogP contribution in [0.15, 0.2) is 54.6 Å². The first-order chi connectivity index (χ1) is 12.7. The van der Waals surface area contributed by atoms with Crippen LogP contribution in [0.5, 0.6) is 5.75 Å². The summed E-state index contributed by atoms with van der Waals surface area (Å²) in [6, 6.07) is 19.0. The third-order valence-electron chi connectivity index (χ3n) is 5.43. The van der Waals surface area contributed by atoms with Crippen molar-refractivity contribution in [2.24, 2.45) is 5.92 Å². The number of rotatable bonds is 6. The fraction of sp³-hybridized carbons (Fsp3) is 0.409. The Hall–Kier alpha value is -2.33. The minimum absolute atomic E-state index is 0.120. The molecule has 0 saturated carbocycles. The summed E-state index contributed by atoms with van der Waals surface area (Å²) in [6.45, 7) is 0.546. The van der Waals surface area contributed by atoms with Crippen LogP contribution in [0, 0.1) is 5.92 Å². The summed E-state index contributed by atoms with van der Waals surface area (Å²) in [6.07, 6.45) is 5.44. The number of amides is 1. The maximum atomic E-state index is 12.3. The van der Waals surface area contributed by atoms with Crippen LogP contribution >= 0.6 is 0 Å². The third kappa shape index (κ3) is 4.44. The van der Waals surface area contributed by atoms with E-state index in [2.05, 4.69) is 10.6 Å². The summed E-state index contributed by atoms with van der Waals surface area (Å²) < 4.78 is 5.78. The monoisotopic (exact) mass is 350 g/mol. The highest BCUT2D eigenvalue weighted by Gasteiger charge is 2.34. The average molecular weight is 350 g/mol. The van der Waals surface area contributed by atoms with Crippen LogP contribution in [-0.2, 0) is 11.4 Å². The molecule has 2 aromatic carbocycles. The van der Waals surface area contributed by atoms with Crippen molar-refractivity contribution in [1.82, 2.24) is 5.32 Å². The zero-order valence-electron chi connectivity index (χ0n) is 15.0. The van der Waals surface area contributed by atoms with Crippen LogP contribution in [0.1, 0.15) is 37.7 Å². The first-order valence-corrected chi connectivity index (χ1v) is 9.57. The Morgan fingerprint density at radius 3 is 2.38 bits per heavy atom. The number of hydrogen-bond acceptors (Lipinski definition) is 3. The van der Waals surface area contributed by atoms with E-state index in [9.17, 15) is 4.79 Å². The zero-order valence-corrected chi connectivity index (χ0v) is 15.0. The highest BCUT2D eigenvalue weighted by Crippen LogP contribution is 2.32. The molecule has 136 valence electrons. The van der Waals surface area contributed by atoms with Crippen LogP contribution in [0.4, 0.5) is 5.69 Å². The van der Waals surface area contributed by atoms with Gasteiger partial charge in [0.05, 0.1) is 0 Å². The van der Waals surface area contributed by atoms with Gasteiger partial charge in [0, 0.05) is 24.2 Å². The van der Waals surface area contributed by atoms with E-state index in [-0.39, 0.29) is 5.91 Å². The molecule has 0 aliphatic carbocycles. The molecule has 4 rings (SSSR count). The Kier molecular flexibility index (Phi) is 5.21. The molecule has 2 aliphatic rings. The summed E-state index contributed by atoms with van der Waals surface area (Å²) >= 11 is 0. The Labute approximate surface area is 155 Å². The van der Waals surface area contributed by atoms with Crippen LogP contribution < -0.4 is 15.4 Å². The summed E-state index contributed by atoms with van der Waals surface area (Å²) in [5.74, 6) is 1.44. The third-order valence-corrected chi connectivity index (χ3v) is 5.43. The van der Waals surface area contributed by atoms with Crippen molar-refractivity contribution < 1.29 is 9.53 Å². The van der Waals surface area contributed by atoms with Crippen LogP contribution in [0.2, 0.25) is 0 Å². The van der Waals surface area contributed by atoms with Crippen LogP contribution in [0.3, 0.4) is 0 Å². The van der Waals surface area contributed by atoms with Crippen molar-refractivity contribution in [3.63, 3.8) is 0 Å². The van der Waals surface area contributed by atoms with E-state index in [4.69, 9.17) is 4.74 Å². The van der Waals surface area contributed by atoms with Gasteiger partial charge >= 0.3 is 0 Å². The lowest BCUT2D eigenvalue weighted by Crippen LogP contribution is -2.39. The predicted molar refractivity (Wildman–Crippen MR) is 103 cm³/mol. The van der Waals surface area contributed by atoms with Gasteiger partial charge in [-0.25, -0.2) is 0 Å². The molecule has 2 atom stereocenters.